The summed E-state index contributed by atoms with van der Waals surface area (Å²) in [7, 11) is 1.64. The first-order valence-corrected chi connectivity index (χ1v) is 6.94. The van der Waals surface area contributed by atoms with Crippen LogP contribution in [0.5, 0.6) is 0 Å². The number of rotatable bonds is 2. The van der Waals surface area contributed by atoms with Crippen LogP contribution in [0, 0.1) is 5.41 Å². The second-order valence-electron chi connectivity index (χ2n) is 5.92. The van der Waals surface area contributed by atoms with Gasteiger partial charge in [0.25, 0.3) is 0 Å². The van der Waals surface area contributed by atoms with E-state index in [1.807, 2.05) is 11.8 Å². The summed E-state index contributed by atoms with van der Waals surface area (Å²) in [5.41, 5.74) is -0.445. The van der Waals surface area contributed by atoms with Gasteiger partial charge in [-0.05, 0) is 20.3 Å². The first kappa shape index (κ1) is 14.3. The first-order chi connectivity index (χ1) is 8.96. The van der Waals surface area contributed by atoms with E-state index >= 15 is 0 Å². The van der Waals surface area contributed by atoms with Gasteiger partial charge in [0.1, 0.15) is 0 Å². The highest BCUT2D eigenvalue weighted by atomic mass is 16.2. The lowest BCUT2D eigenvalue weighted by Crippen LogP contribution is -2.59. The van der Waals surface area contributed by atoms with Gasteiger partial charge >= 0.3 is 0 Å². The molecular formula is C13H24N4O2. The fourth-order valence-electron chi connectivity index (χ4n) is 2.81. The van der Waals surface area contributed by atoms with E-state index in [9.17, 15) is 9.59 Å². The van der Waals surface area contributed by atoms with Crippen LogP contribution < -0.4 is 16.0 Å². The van der Waals surface area contributed by atoms with Gasteiger partial charge in [0.15, 0.2) is 0 Å². The molecule has 3 atom stereocenters. The molecule has 108 valence electrons. The van der Waals surface area contributed by atoms with Gasteiger partial charge in [0, 0.05) is 39.3 Å². The molecule has 0 spiro atoms. The number of carbonyl (C=O) groups is 2. The van der Waals surface area contributed by atoms with Gasteiger partial charge in [-0.2, -0.15) is 0 Å². The molecule has 3 unspecified atom stereocenters. The summed E-state index contributed by atoms with van der Waals surface area (Å²) in [6.07, 6.45) is 0.731. The molecule has 6 nitrogen and oxygen atoms in total. The van der Waals surface area contributed by atoms with Crippen LogP contribution in [-0.4, -0.2) is 62.0 Å². The van der Waals surface area contributed by atoms with E-state index in [4.69, 9.17) is 0 Å². The Morgan fingerprint density at radius 1 is 1.32 bits per heavy atom. The summed E-state index contributed by atoms with van der Waals surface area (Å²) in [5, 5.41) is 9.25. The van der Waals surface area contributed by atoms with E-state index in [0.717, 1.165) is 13.0 Å². The third-order valence-corrected chi connectivity index (χ3v) is 4.20. The second-order valence-corrected chi connectivity index (χ2v) is 5.92. The zero-order chi connectivity index (χ0) is 14.0. The zero-order valence-corrected chi connectivity index (χ0v) is 12.0. The van der Waals surface area contributed by atoms with Crippen molar-refractivity contribution in [3.63, 3.8) is 0 Å². The monoisotopic (exact) mass is 268 g/mol. The number of amides is 2. The number of hydrogen-bond acceptors (Lipinski definition) is 4. The van der Waals surface area contributed by atoms with Crippen molar-refractivity contribution in [2.75, 3.05) is 33.2 Å². The largest absolute Gasteiger partial charge is 0.359 e. The second kappa shape index (κ2) is 5.46. The molecule has 2 aliphatic rings. The average molecular weight is 268 g/mol. The molecule has 0 bridgehead atoms. The highest BCUT2D eigenvalue weighted by molar-refractivity contribution is 5.86. The van der Waals surface area contributed by atoms with Crippen molar-refractivity contribution in [3.05, 3.63) is 0 Å². The Bertz CT molecular complexity index is 366. The van der Waals surface area contributed by atoms with E-state index in [1.165, 1.54) is 0 Å². The molecule has 19 heavy (non-hydrogen) atoms. The van der Waals surface area contributed by atoms with Crippen molar-refractivity contribution in [3.8, 4) is 0 Å². The maximum atomic E-state index is 12.4. The molecule has 0 aliphatic carbocycles. The van der Waals surface area contributed by atoms with Gasteiger partial charge in [-0.1, -0.05) is 0 Å². The highest BCUT2D eigenvalue weighted by Crippen LogP contribution is 2.30. The topological polar surface area (TPSA) is 73.5 Å². The van der Waals surface area contributed by atoms with Crippen molar-refractivity contribution in [1.29, 1.82) is 0 Å². The number of nitrogens with one attached hydrogen (secondary N) is 3. The lowest BCUT2D eigenvalue weighted by atomic mass is 9.89. The van der Waals surface area contributed by atoms with Crippen molar-refractivity contribution in [2.24, 2.45) is 5.41 Å². The fourth-order valence-corrected chi connectivity index (χ4v) is 2.81. The minimum atomic E-state index is -0.445. The summed E-state index contributed by atoms with van der Waals surface area (Å²) >= 11 is 0. The molecule has 0 aromatic rings. The summed E-state index contributed by atoms with van der Waals surface area (Å²) in [4.78, 5) is 26.1. The van der Waals surface area contributed by atoms with E-state index in [2.05, 4.69) is 22.9 Å². The molecule has 2 heterocycles. The number of likely N-dealkylation sites (tertiary alicyclic amines) is 1. The normalized spacial score (nSPS) is 35.2. The molecule has 6 heteroatoms. The summed E-state index contributed by atoms with van der Waals surface area (Å²) in [5.74, 6) is 0.123. The molecule has 3 N–H and O–H groups in total. The Morgan fingerprint density at radius 3 is 2.63 bits per heavy atom. The average Bonchev–Trinajstić information content (AvgIpc) is 2.82. The van der Waals surface area contributed by atoms with Crippen LogP contribution >= 0.6 is 0 Å². The van der Waals surface area contributed by atoms with Gasteiger partial charge in [0.2, 0.25) is 11.8 Å². The molecule has 2 aliphatic heterocycles. The minimum absolute atomic E-state index is 0.0196. The maximum absolute atomic E-state index is 12.4. The number of nitrogens with zero attached hydrogens (tertiary/aromatic N) is 1. The van der Waals surface area contributed by atoms with Gasteiger partial charge in [0.05, 0.1) is 11.5 Å². The van der Waals surface area contributed by atoms with Crippen LogP contribution in [0.4, 0.5) is 0 Å². The third-order valence-electron chi connectivity index (χ3n) is 4.20. The van der Waals surface area contributed by atoms with Crippen LogP contribution in [0.15, 0.2) is 0 Å². The molecule has 0 aromatic heterocycles. The number of hydrogen-bond donors (Lipinski definition) is 3. The molecule has 0 aromatic carbocycles. The van der Waals surface area contributed by atoms with Crippen LogP contribution in [0.3, 0.4) is 0 Å². The molecule has 2 fully saturated rings. The lowest BCUT2D eigenvalue weighted by molar-refractivity contribution is -0.134. The summed E-state index contributed by atoms with van der Waals surface area (Å²) in [6.45, 7) is 6.65. The third kappa shape index (κ3) is 2.90. The van der Waals surface area contributed by atoms with E-state index in [-0.39, 0.29) is 17.9 Å². The number of piperazine rings is 1. The van der Waals surface area contributed by atoms with Gasteiger partial charge in [-0.15, -0.1) is 0 Å². The zero-order valence-electron chi connectivity index (χ0n) is 12.0. The van der Waals surface area contributed by atoms with Crippen LogP contribution in [-0.2, 0) is 9.59 Å². The Hall–Kier alpha value is -1.14. The van der Waals surface area contributed by atoms with Gasteiger partial charge in [-0.3, -0.25) is 9.59 Å². The summed E-state index contributed by atoms with van der Waals surface area (Å²) < 4.78 is 0. The van der Waals surface area contributed by atoms with Crippen LogP contribution in [0.2, 0.25) is 0 Å². The van der Waals surface area contributed by atoms with E-state index in [0.29, 0.717) is 25.7 Å². The number of carbonyl (C=O) groups excluding carboxylic acids is 2. The van der Waals surface area contributed by atoms with Gasteiger partial charge < -0.3 is 20.9 Å². The van der Waals surface area contributed by atoms with E-state index < -0.39 is 5.41 Å². The van der Waals surface area contributed by atoms with Crippen molar-refractivity contribution in [1.82, 2.24) is 20.9 Å². The molecule has 2 saturated heterocycles. The Balaban J connectivity index is 1.93. The highest BCUT2D eigenvalue weighted by Gasteiger charge is 2.42. The van der Waals surface area contributed by atoms with Crippen LogP contribution in [0.1, 0.15) is 20.3 Å². The predicted molar refractivity (Wildman–Crippen MR) is 72.6 cm³/mol. The molecular weight excluding hydrogens is 244 g/mol. The molecule has 0 radical (unpaired) electrons. The van der Waals surface area contributed by atoms with Crippen molar-refractivity contribution >= 4 is 11.8 Å². The van der Waals surface area contributed by atoms with Gasteiger partial charge in [-0.25, -0.2) is 0 Å². The molecule has 0 saturated carbocycles. The molecule has 2 amide bonds. The van der Waals surface area contributed by atoms with Crippen LogP contribution in [0.25, 0.3) is 0 Å². The Morgan fingerprint density at radius 2 is 2.05 bits per heavy atom. The van der Waals surface area contributed by atoms with Crippen molar-refractivity contribution in [2.45, 2.75) is 32.4 Å². The van der Waals surface area contributed by atoms with E-state index in [1.54, 1.807) is 7.05 Å². The smallest absolute Gasteiger partial charge is 0.241 e. The Labute approximate surface area is 114 Å². The quantitative estimate of drug-likeness (QED) is 0.596. The minimum Gasteiger partial charge on any atom is -0.359 e. The SMILES string of the molecule is CNC(=O)C1(C)CCN(C(=O)C2CNC(C)CN2)C1. The van der Waals surface area contributed by atoms with Crippen molar-refractivity contribution < 1.29 is 9.59 Å². The first-order valence-electron chi connectivity index (χ1n) is 6.94. The fraction of sp³-hybridized carbons (Fsp3) is 0.846. The Kier molecular flexibility index (Phi) is 4.10. The standard InChI is InChI=1S/C13H24N4O2/c1-9-6-16-10(7-15-9)11(18)17-5-4-13(2,8-17)12(19)14-3/h9-10,15-16H,4-8H2,1-3H3,(H,14,19). The predicted octanol–water partition coefficient (Wildman–Crippen LogP) is -1.08. The maximum Gasteiger partial charge on any atom is 0.241 e. The summed E-state index contributed by atoms with van der Waals surface area (Å²) in [6, 6.07) is 0.238. The lowest BCUT2D eigenvalue weighted by Gasteiger charge is -2.31. The molecule has 2 rings (SSSR count).